The van der Waals surface area contributed by atoms with Gasteiger partial charge < -0.3 is 0 Å². The molecule has 180 valence electrons. The van der Waals surface area contributed by atoms with E-state index >= 15 is 0 Å². The maximum absolute atomic E-state index is 4.27. The molecule has 0 unspecified atom stereocenters. The summed E-state index contributed by atoms with van der Waals surface area (Å²) in [6.45, 7) is 0. The van der Waals surface area contributed by atoms with Crippen LogP contribution in [0, 0.1) is 0 Å². The first kappa shape index (κ1) is 24.3. The fraction of sp³-hybridized carbons (Fsp3) is 0.0270. The van der Waals surface area contributed by atoms with Gasteiger partial charge in [-0.25, -0.2) is 0 Å². The van der Waals surface area contributed by atoms with Crippen LogP contribution in [0.5, 0.6) is 0 Å². The van der Waals surface area contributed by atoms with Gasteiger partial charge in [0, 0.05) is 0 Å². The van der Waals surface area contributed by atoms with E-state index in [-0.39, 0.29) is 4.01 Å². The molecule has 0 N–H and O–H groups in total. The van der Waals surface area contributed by atoms with E-state index in [4.69, 9.17) is 0 Å². The summed E-state index contributed by atoms with van der Waals surface area (Å²) in [4.78, 5) is 0. The van der Waals surface area contributed by atoms with Crippen molar-refractivity contribution in [2.45, 2.75) is 4.01 Å². The first-order chi connectivity index (χ1) is 18.9. The summed E-state index contributed by atoms with van der Waals surface area (Å²) < 4.78 is 4.01. The second kappa shape index (κ2) is 10.7. The zero-order valence-electron chi connectivity index (χ0n) is 21.5. The van der Waals surface area contributed by atoms with Crippen molar-refractivity contribution < 1.29 is 14.8 Å². The van der Waals surface area contributed by atoms with Gasteiger partial charge >= 0.3 is 230 Å². The third-order valence-electron chi connectivity index (χ3n) is 8.96. The molecule has 0 fully saturated rings. The summed E-state index contributed by atoms with van der Waals surface area (Å²) in [7, 11) is 0. The Kier molecular flexibility index (Phi) is 6.87. The predicted octanol–water partition coefficient (Wildman–Crippen LogP) is 7.11. The molecular formula is C37H30Zn. The van der Waals surface area contributed by atoms with E-state index in [0.29, 0.717) is 0 Å². The molecule has 38 heavy (non-hydrogen) atoms. The number of benzene rings is 6. The number of hydrogen-bond donors (Lipinski definition) is 0. The van der Waals surface area contributed by atoms with Gasteiger partial charge in [-0.05, 0) is 0 Å². The third-order valence-corrected chi connectivity index (χ3v) is 25.5. The van der Waals surface area contributed by atoms with Crippen LogP contribution >= 0.6 is 0 Å². The molecule has 0 aliphatic heterocycles. The van der Waals surface area contributed by atoms with Crippen molar-refractivity contribution in [1.82, 2.24) is 0 Å². The SMILES string of the molecule is c1ccc([C](c2ccccc2)(c2ccccc2)[Zn]([c]2ccccc2)([c]2ccccc2)[c]2ccccc2)cc1. The molecule has 0 aliphatic carbocycles. The monoisotopic (exact) mass is 538 g/mol. The van der Waals surface area contributed by atoms with Gasteiger partial charge in [-0.3, -0.25) is 0 Å². The molecule has 1 heteroatoms. The quantitative estimate of drug-likeness (QED) is 0.150. The molecule has 0 saturated carbocycles. The molecule has 6 aromatic rings. The Balaban J connectivity index is 1.93. The molecular weight excluding hydrogens is 510 g/mol. The summed E-state index contributed by atoms with van der Waals surface area (Å²) in [6, 6.07) is 67.9. The van der Waals surface area contributed by atoms with Crippen LogP contribution < -0.4 is 12.5 Å². The summed E-state index contributed by atoms with van der Waals surface area (Å²) >= 11 is -4.27. The molecule has 0 saturated heterocycles. The second-order valence-electron chi connectivity index (χ2n) is 10.5. The van der Waals surface area contributed by atoms with Crippen molar-refractivity contribution in [2.75, 3.05) is 0 Å². The Hall–Kier alpha value is -4.06. The van der Waals surface area contributed by atoms with Gasteiger partial charge in [-0.2, -0.15) is 0 Å². The van der Waals surface area contributed by atoms with E-state index in [9.17, 15) is 0 Å². The average molecular weight is 540 g/mol. The van der Waals surface area contributed by atoms with E-state index in [1.165, 1.54) is 29.2 Å². The Morgan fingerprint density at radius 3 is 0.711 bits per heavy atom. The molecule has 0 nitrogen and oxygen atoms in total. The van der Waals surface area contributed by atoms with Gasteiger partial charge in [-0.1, -0.05) is 0 Å². The summed E-state index contributed by atoms with van der Waals surface area (Å²) in [6.07, 6.45) is 0. The molecule has 6 aromatic carbocycles. The van der Waals surface area contributed by atoms with E-state index in [2.05, 4.69) is 182 Å². The van der Waals surface area contributed by atoms with Crippen molar-refractivity contribution in [3.63, 3.8) is 0 Å². The van der Waals surface area contributed by atoms with Crippen LogP contribution in [0.2, 0.25) is 0 Å². The van der Waals surface area contributed by atoms with Gasteiger partial charge in [0.05, 0.1) is 0 Å². The normalized spacial score (nSPS) is 11.3. The van der Waals surface area contributed by atoms with Crippen LogP contribution in [0.1, 0.15) is 16.7 Å². The fourth-order valence-electron chi connectivity index (χ4n) is 7.71. The minimum atomic E-state index is -4.27. The standard InChI is InChI=1S/C19H15.3C6H5.Zn/c1-4-10-16(11-5-1)19(17-12-6-2-7-13-17)18-14-8-3-9-15-18;3*1-2-4-6-5-3-1;/h1-15H;3*1-5H;. The zero-order chi connectivity index (χ0) is 25.7. The van der Waals surface area contributed by atoms with Crippen LogP contribution in [-0.4, -0.2) is 0 Å². The van der Waals surface area contributed by atoms with Gasteiger partial charge in [0.2, 0.25) is 0 Å². The summed E-state index contributed by atoms with van der Waals surface area (Å²) in [5.74, 6) is 0. The first-order valence-electron chi connectivity index (χ1n) is 13.6. The summed E-state index contributed by atoms with van der Waals surface area (Å²) in [5, 5.41) is 0. The molecule has 0 heterocycles. The van der Waals surface area contributed by atoms with Crippen LogP contribution in [0.3, 0.4) is 0 Å². The predicted molar refractivity (Wildman–Crippen MR) is 157 cm³/mol. The van der Waals surface area contributed by atoms with E-state index in [1.807, 2.05) is 0 Å². The fourth-order valence-corrected chi connectivity index (χ4v) is 26.0. The van der Waals surface area contributed by atoms with Crippen molar-refractivity contribution in [3.05, 3.63) is 199 Å². The molecule has 0 amide bonds. The Morgan fingerprint density at radius 2 is 0.474 bits per heavy atom. The molecule has 0 atom stereocenters. The van der Waals surface area contributed by atoms with Crippen molar-refractivity contribution in [1.29, 1.82) is 0 Å². The van der Waals surface area contributed by atoms with E-state index in [0.717, 1.165) is 0 Å². The minimum absolute atomic E-state index is 0.378. The first-order valence-corrected chi connectivity index (χ1v) is 19.6. The molecule has 0 aliphatic rings. The van der Waals surface area contributed by atoms with Crippen molar-refractivity contribution in [2.24, 2.45) is 0 Å². The van der Waals surface area contributed by atoms with Gasteiger partial charge in [-0.15, -0.1) is 0 Å². The maximum atomic E-state index is 2.39. The third kappa shape index (κ3) is 3.87. The van der Waals surface area contributed by atoms with Gasteiger partial charge in [0.1, 0.15) is 0 Å². The molecule has 0 radical (unpaired) electrons. The van der Waals surface area contributed by atoms with Gasteiger partial charge in [0.25, 0.3) is 0 Å². The summed E-state index contributed by atoms with van der Waals surface area (Å²) in [5.41, 5.74) is 4.02. The molecule has 6 rings (SSSR count). The molecule has 0 bridgehead atoms. The molecule has 0 aromatic heterocycles. The molecule has 0 spiro atoms. The average Bonchev–Trinajstić information content (AvgIpc) is 3.02. The second-order valence-corrected chi connectivity index (χ2v) is 22.3. The topological polar surface area (TPSA) is 0 Å². The van der Waals surface area contributed by atoms with E-state index in [1.54, 1.807) is 0 Å². The Bertz CT molecular complexity index is 1250. The van der Waals surface area contributed by atoms with Crippen LogP contribution in [-0.2, 0) is 18.8 Å². The van der Waals surface area contributed by atoms with Crippen molar-refractivity contribution in [3.8, 4) is 0 Å². The Morgan fingerprint density at radius 1 is 0.263 bits per heavy atom. The van der Waals surface area contributed by atoms with Gasteiger partial charge in [0.15, 0.2) is 0 Å². The number of hydrogen-bond acceptors (Lipinski definition) is 0. The van der Waals surface area contributed by atoms with Crippen LogP contribution in [0.4, 0.5) is 0 Å². The van der Waals surface area contributed by atoms with E-state index < -0.39 is 14.8 Å². The number of rotatable bonds is 7. The van der Waals surface area contributed by atoms with Crippen molar-refractivity contribution >= 4 is 12.5 Å². The Labute approximate surface area is 229 Å². The van der Waals surface area contributed by atoms with Crippen LogP contribution in [0.25, 0.3) is 0 Å². The zero-order valence-corrected chi connectivity index (χ0v) is 24.5. The van der Waals surface area contributed by atoms with Crippen LogP contribution in [0.15, 0.2) is 182 Å².